The van der Waals surface area contributed by atoms with E-state index in [9.17, 15) is 0 Å². The number of rotatable bonds is 6. The number of hydrazone groups is 1. The number of nitrogens with one attached hydrogen (secondary N) is 1. The Kier molecular flexibility index (Phi) is 7.38. The van der Waals surface area contributed by atoms with E-state index in [0.29, 0.717) is 17.3 Å². The third-order valence-electron chi connectivity index (χ3n) is 6.59. The van der Waals surface area contributed by atoms with Crippen LogP contribution in [0.1, 0.15) is 12.0 Å². The molecule has 10 heteroatoms. The number of piperazine rings is 1. The molecule has 182 valence electrons. The lowest BCUT2D eigenvalue weighted by Crippen LogP contribution is -2.47. The molecule has 0 radical (unpaired) electrons. The SMILES string of the molecule is CN(C)[C@@H]1CCN(c2cc(N3CCN(c4ccc(N)cc4)CC3)c(F)cc2/C=N/NC(N)=S)C1. The highest BCUT2D eigenvalue weighted by Gasteiger charge is 2.28. The van der Waals surface area contributed by atoms with Crippen molar-refractivity contribution in [3.63, 3.8) is 0 Å². The van der Waals surface area contributed by atoms with Gasteiger partial charge in [-0.3, -0.25) is 5.43 Å². The summed E-state index contributed by atoms with van der Waals surface area (Å²) in [6, 6.07) is 11.9. The van der Waals surface area contributed by atoms with Crippen molar-refractivity contribution in [2.45, 2.75) is 12.5 Å². The van der Waals surface area contributed by atoms with Crippen molar-refractivity contribution in [3.8, 4) is 0 Å². The topological polar surface area (TPSA) is 89.4 Å². The molecule has 0 saturated carbocycles. The Morgan fingerprint density at radius 1 is 1.06 bits per heavy atom. The summed E-state index contributed by atoms with van der Waals surface area (Å²) >= 11 is 4.82. The highest BCUT2D eigenvalue weighted by Crippen LogP contribution is 2.33. The summed E-state index contributed by atoms with van der Waals surface area (Å²) in [5.74, 6) is -0.259. The second-order valence-electron chi connectivity index (χ2n) is 9.01. The van der Waals surface area contributed by atoms with E-state index in [0.717, 1.165) is 62.8 Å². The number of nitrogens with zero attached hydrogens (tertiary/aromatic N) is 5. The zero-order valence-corrected chi connectivity index (χ0v) is 20.6. The lowest BCUT2D eigenvalue weighted by atomic mass is 10.1. The van der Waals surface area contributed by atoms with Gasteiger partial charge in [0.15, 0.2) is 5.11 Å². The Labute approximate surface area is 206 Å². The Hall–Kier alpha value is -3.11. The first-order valence-electron chi connectivity index (χ1n) is 11.5. The summed E-state index contributed by atoms with van der Waals surface area (Å²) in [6.45, 7) is 4.88. The van der Waals surface area contributed by atoms with Crippen LogP contribution in [0.15, 0.2) is 41.5 Å². The van der Waals surface area contributed by atoms with Gasteiger partial charge in [-0.2, -0.15) is 5.10 Å². The number of hydrogen-bond acceptors (Lipinski definition) is 7. The molecule has 0 unspecified atom stereocenters. The van der Waals surface area contributed by atoms with Crippen molar-refractivity contribution in [1.29, 1.82) is 0 Å². The van der Waals surface area contributed by atoms with Gasteiger partial charge in [-0.25, -0.2) is 4.39 Å². The van der Waals surface area contributed by atoms with Crippen LogP contribution in [0.5, 0.6) is 0 Å². The summed E-state index contributed by atoms with van der Waals surface area (Å²) in [5.41, 5.74) is 18.0. The van der Waals surface area contributed by atoms with Crippen LogP contribution in [0.2, 0.25) is 0 Å². The van der Waals surface area contributed by atoms with Crippen molar-refractivity contribution in [1.82, 2.24) is 10.3 Å². The molecular weight excluding hydrogens is 451 g/mol. The monoisotopic (exact) mass is 484 g/mol. The Balaban J connectivity index is 1.56. The number of halogens is 1. The molecule has 0 aliphatic carbocycles. The highest BCUT2D eigenvalue weighted by molar-refractivity contribution is 7.80. The number of benzene rings is 2. The standard InChI is InChI=1S/C24H33FN8S/c1-30(2)20-7-8-33(16-20)22-14-23(21(25)13-17(22)15-28-29-24(27)34)32-11-9-31(10-12-32)19-5-3-18(26)4-6-19/h3-6,13-15,20H,7-12,16,26H2,1-2H3,(H3,27,29,34)/b28-15+/t20-/m1/s1. The van der Waals surface area contributed by atoms with E-state index in [2.05, 4.69) is 44.2 Å². The molecule has 1 atom stereocenters. The summed E-state index contributed by atoms with van der Waals surface area (Å²) in [7, 11) is 4.19. The predicted octanol–water partition coefficient (Wildman–Crippen LogP) is 2.04. The molecule has 5 N–H and O–H groups in total. The lowest BCUT2D eigenvalue weighted by Gasteiger charge is -2.38. The van der Waals surface area contributed by atoms with Gasteiger partial charge in [0, 0.05) is 67.9 Å². The van der Waals surface area contributed by atoms with Crippen molar-refractivity contribution in [3.05, 3.63) is 47.8 Å². The predicted molar refractivity (Wildman–Crippen MR) is 144 cm³/mol. The van der Waals surface area contributed by atoms with Crippen LogP contribution in [0.3, 0.4) is 0 Å². The summed E-state index contributed by atoms with van der Waals surface area (Å²) < 4.78 is 15.3. The quantitative estimate of drug-likeness (QED) is 0.249. The molecule has 0 bridgehead atoms. The number of thiocarbonyl (C=S) groups is 1. The average molecular weight is 485 g/mol. The van der Waals surface area contributed by atoms with Gasteiger partial charge in [0.25, 0.3) is 0 Å². The first-order valence-corrected chi connectivity index (χ1v) is 11.9. The smallest absolute Gasteiger partial charge is 0.184 e. The van der Waals surface area contributed by atoms with Gasteiger partial charge in [0.2, 0.25) is 0 Å². The molecule has 2 aliphatic rings. The Morgan fingerprint density at radius 2 is 1.74 bits per heavy atom. The molecule has 8 nitrogen and oxygen atoms in total. The fraction of sp³-hybridized carbons (Fsp3) is 0.417. The Bertz CT molecular complexity index is 1030. The first kappa shape index (κ1) is 24.0. The second kappa shape index (κ2) is 10.4. The molecule has 0 spiro atoms. The second-order valence-corrected chi connectivity index (χ2v) is 9.45. The summed E-state index contributed by atoms with van der Waals surface area (Å²) in [5, 5.41) is 4.16. The van der Waals surface area contributed by atoms with E-state index in [-0.39, 0.29) is 10.9 Å². The molecule has 2 fully saturated rings. The normalized spacial score (nSPS) is 18.8. The number of likely N-dealkylation sites (N-methyl/N-ethyl adjacent to an activating group) is 1. The van der Waals surface area contributed by atoms with E-state index in [1.54, 1.807) is 12.3 Å². The van der Waals surface area contributed by atoms with E-state index in [4.69, 9.17) is 23.7 Å². The van der Waals surface area contributed by atoms with E-state index in [1.807, 2.05) is 30.3 Å². The number of nitrogens with two attached hydrogens (primary N) is 2. The molecule has 2 aromatic carbocycles. The van der Waals surface area contributed by atoms with E-state index >= 15 is 4.39 Å². The largest absolute Gasteiger partial charge is 0.399 e. The zero-order chi connectivity index (χ0) is 24.2. The third kappa shape index (κ3) is 5.51. The molecule has 2 aliphatic heterocycles. The highest BCUT2D eigenvalue weighted by atomic mass is 32.1. The van der Waals surface area contributed by atoms with Crippen molar-refractivity contribution >= 4 is 46.3 Å². The average Bonchev–Trinajstić information content (AvgIpc) is 3.30. The van der Waals surface area contributed by atoms with Crippen LogP contribution < -0.4 is 31.6 Å². The van der Waals surface area contributed by atoms with Crippen LogP contribution in [-0.2, 0) is 0 Å². The number of anilines is 4. The molecular formula is C24H33FN8S. The van der Waals surface area contributed by atoms with Crippen LogP contribution in [0.25, 0.3) is 0 Å². The van der Waals surface area contributed by atoms with Crippen LogP contribution >= 0.6 is 12.2 Å². The minimum Gasteiger partial charge on any atom is -0.399 e. The van der Waals surface area contributed by atoms with Crippen molar-refractivity contribution in [2.24, 2.45) is 10.8 Å². The fourth-order valence-corrected chi connectivity index (χ4v) is 4.68. The van der Waals surface area contributed by atoms with Gasteiger partial charge >= 0.3 is 0 Å². The van der Waals surface area contributed by atoms with Gasteiger partial charge < -0.3 is 31.1 Å². The van der Waals surface area contributed by atoms with Crippen LogP contribution in [0.4, 0.5) is 27.1 Å². The van der Waals surface area contributed by atoms with Gasteiger partial charge in [-0.05, 0) is 69.1 Å². The molecule has 4 rings (SSSR count). The lowest BCUT2D eigenvalue weighted by molar-refractivity contribution is 0.315. The summed E-state index contributed by atoms with van der Waals surface area (Å²) in [6.07, 6.45) is 2.64. The van der Waals surface area contributed by atoms with Crippen molar-refractivity contribution < 1.29 is 4.39 Å². The van der Waals surface area contributed by atoms with Crippen molar-refractivity contribution in [2.75, 3.05) is 73.8 Å². The summed E-state index contributed by atoms with van der Waals surface area (Å²) in [4.78, 5) is 8.98. The fourth-order valence-electron chi connectivity index (χ4n) is 4.62. The van der Waals surface area contributed by atoms with Gasteiger partial charge in [0.05, 0.1) is 11.9 Å². The number of hydrogen-bond donors (Lipinski definition) is 3. The van der Waals surface area contributed by atoms with Gasteiger partial charge in [-0.1, -0.05) is 0 Å². The van der Waals surface area contributed by atoms with E-state index in [1.165, 1.54) is 0 Å². The Morgan fingerprint density at radius 3 is 2.35 bits per heavy atom. The minimum absolute atomic E-state index is 0.0720. The maximum Gasteiger partial charge on any atom is 0.184 e. The van der Waals surface area contributed by atoms with Gasteiger partial charge in [-0.15, -0.1) is 0 Å². The molecule has 34 heavy (non-hydrogen) atoms. The third-order valence-corrected chi connectivity index (χ3v) is 6.68. The minimum atomic E-state index is -0.259. The van der Waals surface area contributed by atoms with Gasteiger partial charge in [0.1, 0.15) is 5.82 Å². The molecule has 2 saturated heterocycles. The molecule has 2 aromatic rings. The maximum atomic E-state index is 15.3. The molecule has 0 amide bonds. The van der Waals surface area contributed by atoms with Crippen LogP contribution in [-0.4, -0.2) is 75.6 Å². The number of nitrogen functional groups attached to an aromatic ring is 1. The molecule has 2 heterocycles. The first-order chi connectivity index (χ1) is 16.3. The zero-order valence-electron chi connectivity index (χ0n) is 19.7. The van der Waals surface area contributed by atoms with Crippen LogP contribution in [0, 0.1) is 5.82 Å². The van der Waals surface area contributed by atoms with E-state index < -0.39 is 0 Å². The molecule has 0 aromatic heterocycles. The maximum absolute atomic E-state index is 15.3.